The molecule has 0 aliphatic rings. The number of carbonyl (C=O) groups is 1. The van der Waals surface area contributed by atoms with Crippen molar-refractivity contribution in [2.45, 2.75) is 0 Å². The van der Waals surface area contributed by atoms with Crippen LogP contribution in [0.5, 0.6) is 5.88 Å². The van der Waals surface area contributed by atoms with Gasteiger partial charge in [-0.3, -0.25) is 0 Å². The van der Waals surface area contributed by atoms with Crippen molar-refractivity contribution < 1.29 is 15.0 Å². The molecule has 0 saturated carbocycles. The third-order valence-corrected chi connectivity index (χ3v) is 0.992. The largest absolute Gasteiger partial charge is 0.493 e. The molecular formula is C6H7MgNO3. The van der Waals surface area contributed by atoms with Gasteiger partial charge in [-0.05, 0) is 6.07 Å². The quantitative estimate of drug-likeness (QED) is 0.554. The van der Waals surface area contributed by atoms with E-state index in [4.69, 9.17) is 10.2 Å². The highest BCUT2D eigenvalue weighted by Crippen LogP contribution is 2.05. The van der Waals surface area contributed by atoms with Gasteiger partial charge in [0.05, 0.1) is 5.56 Å². The molecule has 1 aromatic rings. The van der Waals surface area contributed by atoms with Crippen molar-refractivity contribution in [3.05, 3.63) is 23.9 Å². The molecule has 0 radical (unpaired) electrons. The van der Waals surface area contributed by atoms with Crippen molar-refractivity contribution in [3.8, 4) is 5.88 Å². The smallest absolute Gasteiger partial charge is 0.335 e. The number of pyridine rings is 1. The fourth-order valence-electron chi connectivity index (χ4n) is 0.551. The van der Waals surface area contributed by atoms with Gasteiger partial charge >= 0.3 is 29.0 Å². The van der Waals surface area contributed by atoms with Gasteiger partial charge in [-0.25, -0.2) is 9.78 Å². The summed E-state index contributed by atoms with van der Waals surface area (Å²) in [5.41, 5.74) is 0.0347. The molecule has 4 nitrogen and oxygen atoms in total. The van der Waals surface area contributed by atoms with E-state index in [-0.39, 0.29) is 34.5 Å². The molecule has 0 bridgehead atoms. The highest BCUT2D eigenvalue weighted by molar-refractivity contribution is 5.87. The Morgan fingerprint density at radius 1 is 1.55 bits per heavy atom. The summed E-state index contributed by atoms with van der Waals surface area (Å²) in [7, 11) is 0. The van der Waals surface area contributed by atoms with E-state index < -0.39 is 5.97 Å². The maximum absolute atomic E-state index is 10.2. The van der Waals surface area contributed by atoms with E-state index in [9.17, 15) is 4.79 Å². The van der Waals surface area contributed by atoms with Gasteiger partial charge in [0.2, 0.25) is 5.88 Å². The van der Waals surface area contributed by atoms with Crippen LogP contribution in [0.2, 0.25) is 0 Å². The summed E-state index contributed by atoms with van der Waals surface area (Å²) in [6.07, 6.45) is 1.23. The van der Waals surface area contributed by atoms with Crippen LogP contribution in [-0.4, -0.2) is 44.2 Å². The summed E-state index contributed by atoms with van der Waals surface area (Å²) in [6, 6.07) is 2.39. The first-order chi connectivity index (χ1) is 4.70. The van der Waals surface area contributed by atoms with E-state index in [0.717, 1.165) is 6.07 Å². The highest BCUT2D eigenvalue weighted by atomic mass is 24.3. The minimum atomic E-state index is -1.07. The molecule has 0 fully saturated rings. The van der Waals surface area contributed by atoms with Crippen LogP contribution in [0.4, 0.5) is 0 Å². The fourth-order valence-corrected chi connectivity index (χ4v) is 0.551. The predicted octanol–water partition coefficient (Wildman–Crippen LogP) is -0.431. The van der Waals surface area contributed by atoms with Gasteiger partial charge in [-0.1, -0.05) is 0 Å². The van der Waals surface area contributed by atoms with E-state index in [1.807, 2.05) is 0 Å². The summed E-state index contributed by atoms with van der Waals surface area (Å²) < 4.78 is 0. The number of aromatic carboxylic acids is 1. The number of hydrogen-bond acceptors (Lipinski definition) is 3. The molecule has 0 aliphatic carbocycles. The molecule has 2 N–H and O–H groups in total. The summed E-state index contributed by atoms with van der Waals surface area (Å²) in [6.45, 7) is 0. The normalized spacial score (nSPS) is 8.36. The maximum atomic E-state index is 10.2. The average molecular weight is 165 g/mol. The van der Waals surface area contributed by atoms with Crippen molar-refractivity contribution in [2.24, 2.45) is 0 Å². The van der Waals surface area contributed by atoms with Gasteiger partial charge in [0.1, 0.15) is 0 Å². The number of carboxylic acids is 1. The van der Waals surface area contributed by atoms with Crippen LogP contribution in [0.1, 0.15) is 10.4 Å². The molecule has 1 aromatic heterocycles. The first kappa shape index (κ1) is 10.2. The van der Waals surface area contributed by atoms with Crippen LogP contribution >= 0.6 is 0 Å². The Kier molecular flexibility index (Phi) is 3.84. The third kappa shape index (κ3) is 2.73. The molecule has 0 aromatic carbocycles. The predicted molar refractivity (Wildman–Crippen MR) is 41.4 cm³/mol. The number of nitrogens with zero attached hydrogens (tertiary/aromatic N) is 1. The second-order valence-corrected chi connectivity index (χ2v) is 1.71. The molecule has 0 atom stereocenters. The summed E-state index contributed by atoms with van der Waals surface area (Å²) in [4.78, 5) is 13.6. The van der Waals surface area contributed by atoms with Crippen molar-refractivity contribution in [1.29, 1.82) is 0 Å². The molecule has 0 aliphatic heterocycles. The lowest BCUT2D eigenvalue weighted by Crippen LogP contribution is -1.95. The van der Waals surface area contributed by atoms with E-state index in [1.165, 1.54) is 12.3 Å². The molecule has 56 valence electrons. The second kappa shape index (κ2) is 4.15. The van der Waals surface area contributed by atoms with Gasteiger partial charge in [0.25, 0.3) is 0 Å². The van der Waals surface area contributed by atoms with E-state index >= 15 is 0 Å². The van der Waals surface area contributed by atoms with Crippen LogP contribution < -0.4 is 0 Å². The zero-order valence-electron chi connectivity index (χ0n) is 4.98. The Hall–Kier alpha value is -0.814. The Morgan fingerprint density at radius 3 is 2.55 bits per heavy atom. The van der Waals surface area contributed by atoms with Gasteiger partial charge in [0, 0.05) is 12.3 Å². The topological polar surface area (TPSA) is 70.4 Å². The summed E-state index contributed by atoms with van der Waals surface area (Å²) in [5.74, 6) is -1.35. The van der Waals surface area contributed by atoms with Crippen molar-refractivity contribution >= 4 is 29.0 Å². The number of carboxylic acid groups (broad SMARTS) is 1. The van der Waals surface area contributed by atoms with Crippen LogP contribution in [0.3, 0.4) is 0 Å². The minimum Gasteiger partial charge on any atom is -0.493 e. The average Bonchev–Trinajstić information content (AvgIpc) is 1.88. The molecule has 1 heterocycles. The molecule has 0 spiro atoms. The lowest BCUT2D eigenvalue weighted by Gasteiger charge is -1.91. The zero-order chi connectivity index (χ0) is 7.56. The molecule has 1 rings (SSSR count). The molecule has 5 heteroatoms. The zero-order valence-corrected chi connectivity index (χ0v) is 4.98. The Morgan fingerprint density at radius 2 is 2.18 bits per heavy atom. The second-order valence-electron chi connectivity index (χ2n) is 1.71. The van der Waals surface area contributed by atoms with E-state index in [1.54, 1.807) is 0 Å². The summed E-state index contributed by atoms with van der Waals surface area (Å²) in [5, 5.41) is 17.1. The van der Waals surface area contributed by atoms with Gasteiger partial charge in [0.15, 0.2) is 0 Å². The molecular weight excluding hydrogens is 158 g/mol. The van der Waals surface area contributed by atoms with Gasteiger partial charge < -0.3 is 10.2 Å². The Bertz CT molecular complexity index is 264. The molecule has 0 unspecified atom stereocenters. The van der Waals surface area contributed by atoms with Crippen LogP contribution in [-0.2, 0) is 0 Å². The molecule has 0 amide bonds. The highest BCUT2D eigenvalue weighted by Gasteiger charge is 2.01. The standard InChI is InChI=1S/C6H5NO3.Mg.2H/c8-5-3-4(6(9)10)1-2-7-5;;;/h1-3H,(H,7,8)(H,9,10);;;. The number of hydrogen-bond donors (Lipinski definition) is 2. The van der Waals surface area contributed by atoms with Gasteiger partial charge in [-0.2, -0.15) is 0 Å². The van der Waals surface area contributed by atoms with Gasteiger partial charge in [-0.15, -0.1) is 0 Å². The van der Waals surface area contributed by atoms with Crippen LogP contribution in [0.25, 0.3) is 0 Å². The van der Waals surface area contributed by atoms with Crippen LogP contribution in [0.15, 0.2) is 18.3 Å². The number of aromatic hydroxyl groups is 1. The summed E-state index contributed by atoms with van der Waals surface area (Å²) >= 11 is 0. The molecule has 0 saturated heterocycles. The molecule has 11 heavy (non-hydrogen) atoms. The Balaban J connectivity index is 0.000001000. The first-order valence-electron chi connectivity index (χ1n) is 2.58. The lowest BCUT2D eigenvalue weighted by atomic mass is 10.3. The maximum Gasteiger partial charge on any atom is 0.335 e. The van der Waals surface area contributed by atoms with Crippen molar-refractivity contribution in [1.82, 2.24) is 4.98 Å². The first-order valence-corrected chi connectivity index (χ1v) is 2.58. The Labute approximate surface area is 79.0 Å². The number of aromatic nitrogens is 1. The van der Waals surface area contributed by atoms with E-state index in [2.05, 4.69) is 4.98 Å². The third-order valence-electron chi connectivity index (χ3n) is 0.992. The van der Waals surface area contributed by atoms with Crippen LogP contribution in [0, 0.1) is 0 Å². The van der Waals surface area contributed by atoms with Crippen molar-refractivity contribution in [2.75, 3.05) is 0 Å². The monoisotopic (exact) mass is 165 g/mol. The lowest BCUT2D eigenvalue weighted by molar-refractivity contribution is 0.0696. The minimum absolute atomic E-state index is 0. The SMILES string of the molecule is O=C(O)c1ccnc(O)c1.[MgH2]. The van der Waals surface area contributed by atoms with Crippen molar-refractivity contribution in [3.63, 3.8) is 0 Å². The number of rotatable bonds is 1. The van der Waals surface area contributed by atoms with E-state index in [0.29, 0.717) is 0 Å². The fraction of sp³-hybridized carbons (Fsp3) is 0.